The van der Waals surface area contributed by atoms with E-state index in [1.54, 1.807) is 0 Å². The highest BCUT2D eigenvalue weighted by Crippen LogP contribution is 2.11. The standard InChI is InChI=1S/C10H16NP/c1-3-11(4-2)9-6-5-7-10(12)8-9/h5-8H,3-4,12H2,1-2H3. The van der Waals surface area contributed by atoms with Crippen LogP contribution in [0.2, 0.25) is 0 Å². The van der Waals surface area contributed by atoms with E-state index >= 15 is 0 Å². The molecule has 2 heteroatoms. The zero-order valence-electron chi connectivity index (χ0n) is 7.75. The average molecular weight is 181 g/mol. The Morgan fingerprint density at radius 3 is 2.42 bits per heavy atom. The lowest BCUT2D eigenvalue weighted by atomic mass is 10.3. The predicted octanol–water partition coefficient (Wildman–Crippen LogP) is 2.03. The van der Waals surface area contributed by atoms with Gasteiger partial charge in [-0.25, -0.2) is 0 Å². The summed E-state index contributed by atoms with van der Waals surface area (Å²) in [4.78, 5) is 2.34. The van der Waals surface area contributed by atoms with E-state index in [-0.39, 0.29) is 0 Å². The quantitative estimate of drug-likeness (QED) is 0.645. The van der Waals surface area contributed by atoms with Crippen molar-refractivity contribution in [1.82, 2.24) is 0 Å². The van der Waals surface area contributed by atoms with Crippen LogP contribution >= 0.6 is 9.24 Å². The molecule has 12 heavy (non-hydrogen) atoms. The number of hydrogen-bond acceptors (Lipinski definition) is 1. The topological polar surface area (TPSA) is 3.24 Å². The molecule has 0 fully saturated rings. The maximum atomic E-state index is 2.72. The molecule has 0 heterocycles. The number of benzene rings is 1. The van der Waals surface area contributed by atoms with Crippen molar-refractivity contribution in [3.05, 3.63) is 24.3 Å². The molecule has 1 aromatic carbocycles. The Morgan fingerprint density at radius 2 is 1.92 bits per heavy atom. The molecule has 0 aliphatic rings. The molecule has 0 amide bonds. The molecule has 0 aliphatic heterocycles. The van der Waals surface area contributed by atoms with Crippen molar-refractivity contribution in [2.75, 3.05) is 18.0 Å². The first-order valence-corrected chi connectivity index (χ1v) is 4.96. The molecule has 0 saturated carbocycles. The Morgan fingerprint density at radius 1 is 1.25 bits per heavy atom. The summed E-state index contributed by atoms with van der Waals surface area (Å²) < 4.78 is 0. The molecule has 1 atom stereocenters. The fourth-order valence-electron chi connectivity index (χ4n) is 1.31. The third kappa shape index (κ3) is 2.22. The summed E-state index contributed by atoms with van der Waals surface area (Å²) in [5, 5.41) is 1.25. The van der Waals surface area contributed by atoms with E-state index in [1.807, 2.05) is 0 Å². The molecule has 0 saturated heterocycles. The van der Waals surface area contributed by atoms with Gasteiger partial charge in [-0.3, -0.25) is 0 Å². The number of anilines is 1. The smallest absolute Gasteiger partial charge is 0.0372 e. The Bertz CT molecular complexity index is 243. The Balaban J connectivity index is 2.85. The van der Waals surface area contributed by atoms with E-state index in [1.165, 1.54) is 11.0 Å². The van der Waals surface area contributed by atoms with E-state index in [9.17, 15) is 0 Å². The van der Waals surface area contributed by atoms with Crippen molar-refractivity contribution >= 4 is 20.2 Å². The molecule has 0 aromatic heterocycles. The Labute approximate surface area is 77.0 Å². The highest BCUT2D eigenvalue weighted by molar-refractivity contribution is 7.27. The summed E-state index contributed by atoms with van der Waals surface area (Å²) in [6, 6.07) is 8.53. The number of rotatable bonds is 3. The molecule has 66 valence electrons. The molecule has 0 bridgehead atoms. The van der Waals surface area contributed by atoms with Crippen molar-refractivity contribution in [1.29, 1.82) is 0 Å². The van der Waals surface area contributed by atoms with Crippen LogP contribution in [0.15, 0.2) is 24.3 Å². The van der Waals surface area contributed by atoms with Gasteiger partial charge in [0, 0.05) is 18.8 Å². The minimum Gasteiger partial charge on any atom is -0.372 e. The first-order chi connectivity index (χ1) is 5.77. The fraction of sp³-hybridized carbons (Fsp3) is 0.400. The second-order valence-corrected chi connectivity index (χ2v) is 3.43. The van der Waals surface area contributed by atoms with Crippen LogP contribution in [0, 0.1) is 0 Å². The Hall–Kier alpha value is -0.550. The van der Waals surface area contributed by atoms with Crippen LogP contribution in [-0.2, 0) is 0 Å². The summed E-state index contributed by atoms with van der Waals surface area (Å²) in [5.41, 5.74) is 1.31. The van der Waals surface area contributed by atoms with Gasteiger partial charge in [-0.1, -0.05) is 12.1 Å². The van der Waals surface area contributed by atoms with Gasteiger partial charge >= 0.3 is 0 Å². The van der Waals surface area contributed by atoms with Crippen molar-refractivity contribution in [2.45, 2.75) is 13.8 Å². The molecule has 1 aromatic rings. The third-order valence-electron chi connectivity index (χ3n) is 2.00. The van der Waals surface area contributed by atoms with Crippen LogP contribution in [0.3, 0.4) is 0 Å². The third-order valence-corrected chi connectivity index (χ3v) is 2.36. The molecule has 0 N–H and O–H groups in total. The highest BCUT2D eigenvalue weighted by atomic mass is 31.0. The highest BCUT2D eigenvalue weighted by Gasteiger charge is 1.99. The van der Waals surface area contributed by atoms with E-state index in [0.29, 0.717) is 0 Å². The SMILES string of the molecule is CCN(CC)c1cccc(P)c1. The largest absolute Gasteiger partial charge is 0.372 e. The number of hydrogen-bond donors (Lipinski definition) is 0. The van der Waals surface area contributed by atoms with Gasteiger partial charge in [0.1, 0.15) is 0 Å². The molecule has 0 radical (unpaired) electrons. The van der Waals surface area contributed by atoms with E-state index in [0.717, 1.165) is 13.1 Å². The van der Waals surface area contributed by atoms with Crippen molar-refractivity contribution in [2.24, 2.45) is 0 Å². The zero-order chi connectivity index (χ0) is 8.97. The van der Waals surface area contributed by atoms with Crippen LogP contribution < -0.4 is 10.2 Å². The van der Waals surface area contributed by atoms with Gasteiger partial charge in [-0.15, -0.1) is 9.24 Å². The number of nitrogens with zero attached hydrogens (tertiary/aromatic N) is 1. The van der Waals surface area contributed by atoms with Gasteiger partial charge in [-0.05, 0) is 31.3 Å². The average Bonchev–Trinajstić information content (AvgIpc) is 2.07. The first kappa shape index (κ1) is 9.54. The van der Waals surface area contributed by atoms with Gasteiger partial charge in [0.2, 0.25) is 0 Å². The summed E-state index contributed by atoms with van der Waals surface area (Å²) in [5.74, 6) is 0. The van der Waals surface area contributed by atoms with Crippen LogP contribution in [0.25, 0.3) is 0 Å². The van der Waals surface area contributed by atoms with E-state index in [4.69, 9.17) is 0 Å². The van der Waals surface area contributed by atoms with Crippen molar-refractivity contribution in [3.63, 3.8) is 0 Å². The first-order valence-electron chi connectivity index (χ1n) is 4.38. The lowest BCUT2D eigenvalue weighted by Crippen LogP contribution is -2.22. The van der Waals surface area contributed by atoms with Gasteiger partial charge in [0.25, 0.3) is 0 Å². The second-order valence-electron chi connectivity index (χ2n) is 2.77. The molecular weight excluding hydrogens is 165 g/mol. The predicted molar refractivity (Wildman–Crippen MR) is 59.3 cm³/mol. The molecular formula is C10H16NP. The zero-order valence-corrected chi connectivity index (χ0v) is 8.90. The van der Waals surface area contributed by atoms with E-state index in [2.05, 4.69) is 52.3 Å². The maximum absolute atomic E-state index is 2.72. The molecule has 0 spiro atoms. The minimum absolute atomic E-state index is 1.07. The van der Waals surface area contributed by atoms with Gasteiger partial charge < -0.3 is 4.90 Å². The van der Waals surface area contributed by atoms with Crippen molar-refractivity contribution in [3.8, 4) is 0 Å². The van der Waals surface area contributed by atoms with Gasteiger partial charge in [0.15, 0.2) is 0 Å². The molecule has 1 rings (SSSR count). The van der Waals surface area contributed by atoms with Crippen LogP contribution in [0.5, 0.6) is 0 Å². The van der Waals surface area contributed by atoms with Crippen LogP contribution in [0.1, 0.15) is 13.8 Å². The summed E-state index contributed by atoms with van der Waals surface area (Å²) in [7, 11) is 2.72. The summed E-state index contributed by atoms with van der Waals surface area (Å²) >= 11 is 0. The Kier molecular flexibility index (Phi) is 3.55. The minimum atomic E-state index is 1.07. The lowest BCUT2D eigenvalue weighted by Gasteiger charge is -2.21. The molecule has 1 unspecified atom stereocenters. The molecule has 1 nitrogen and oxygen atoms in total. The fourth-order valence-corrected chi connectivity index (χ4v) is 1.59. The van der Waals surface area contributed by atoms with Gasteiger partial charge in [-0.2, -0.15) is 0 Å². The monoisotopic (exact) mass is 181 g/mol. The van der Waals surface area contributed by atoms with E-state index < -0.39 is 0 Å². The second kappa shape index (κ2) is 4.47. The van der Waals surface area contributed by atoms with Crippen LogP contribution in [-0.4, -0.2) is 13.1 Å². The maximum Gasteiger partial charge on any atom is 0.0372 e. The van der Waals surface area contributed by atoms with Crippen LogP contribution in [0.4, 0.5) is 5.69 Å². The summed E-state index contributed by atoms with van der Waals surface area (Å²) in [6.45, 7) is 6.51. The molecule has 0 aliphatic carbocycles. The lowest BCUT2D eigenvalue weighted by molar-refractivity contribution is 0.867. The van der Waals surface area contributed by atoms with Crippen molar-refractivity contribution < 1.29 is 0 Å². The van der Waals surface area contributed by atoms with Gasteiger partial charge in [0.05, 0.1) is 0 Å². The normalized spacial score (nSPS) is 9.92. The summed E-state index contributed by atoms with van der Waals surface area (Å²) in [6.07, 6.45) is 0.